The Labute approximate surface area is 70.2 Å². The van der Waals surface area contributed by atoms with Crippen molar-refractivity contribution in [3.05, 3.63) is 0 Å². The molecule has 0 heterocycles. The molecule has 2 atom stereocenters. The topological polar surface area (TPSA) is 29.5 Å². The van der Waals surface area contributed by atoms with Crippen LogP contribution in [-0.2, 0) is 4.94 Å². The summed E-state index contributed by atoms with van der Waals surface area (Å²) in [5.41, 5.74) is 0. The van der Waals surface area contributed by atoms with Crippen LogP contribution in [0, 0.1) is 11.8 Å². The number of aliphatic hydroxyl groups is 1. The minimum atomic E-state index is -0.738. The molecule has 0 amide bonds. The van der Waals surface area contributed by atoms with Crippen molar-refractivity contribution in [2.75, 3.05) is 5.88 Å². The van der Waals surface area contributed by atoms with Crippen LogP contribution in [0.2, 0.25) is 0 Å². The lowest BCUT2D eigenvalue weighted by molar-refractivity contribution is -0.152. The molecule has 0 aromatic rings. The van der Waals surface area contributed by atoms with E-state index in [1.165, 1.54) is 6.92 Å². The lowest BCUT2D eigenvalue weighted by Gasteiger charge is -1.98. The van der Waals surface area contributed by atoms with Gasteiger partial charge in [0.05, 0.1) is 6.10 Å². The van der Waals surface area contributed by atoms with Crippen LogP contribution in [0.15, 0.2) is 0 Å². The summed E-state index contributed by atoms with van der Waals surface area (Å²) in [6.45, 7) is 1.47. The van der Waals surface area contributed by atoms with Crippen molar-refractivity contribution in [1.82, 2.24) is 0 Å². The molecule has 0 bridgehead atoms. The van der Waals surface area contributed by atoms with Crippen molar-refractivity contribution in [2.24, 2.45) is 0 Å². The Hall–Kier alpha value is -0.300. The normalized spacial score (nSPS) is 14.9. The Balaban J connectivity index is 3.54. The second kappa shape index (κ2) is 6.41. The fourth-order valence-electron chi connectivity index (χ4n) is 0.397. The standard InChI is InChI=1S/C7H10ClFO2/c1-6(11-9)3-2-4-7(10)5-8/h6-7,10H,4-5H2,1H3. The molecule has 1 N–H and O–H groups in total. The van der Waals surface area contributed by atoms with E-state index in [9.17, 15) is 4.53 Å². The van der Waals surface area contributed by atoms with Gasteiger partial charge in [-0.05, 0) is 11.4 Å². The summed E-state index contributed by atoms with van der Waals surface area (Å²) in [7, 11) is 0. The average molecular weight is 181 g/mol. The van der Waals surface area contributed by atoms with E-state index in [0.29, 0.717) is 0 Å². The predicted octanol–water partition coefficient (Wildman–Crippen LogP) is 1.27. The summed E-state index contributed by atoms with van der Waals surface area (Å²) in [5, 5.41) is 8.87. The fraction of sp³-hybridized carbons (Fsp3) is 0.714. The Morgan fingerprint density at radius 1 is 1.73 bits per heavy atom. The summed E-state index contributed by atoms with van der Waals surface area (Å²) >= 11 is 5.28. The molecule has 0 aromatic carbocycles. The first-order valence-corrected chi connectivity index (χ1v) is 3.74. The molecule has 0 aliphatic rings. The fourth-order valence-corrected chi connectivity index (χ4v) is 0.506. The van der Waals surface area contributed by atoms with Crippen molar-refractivity contribution >= 4 is 11.6 Å². The van der Waals surface area contributed by atoms with Crippen LogP contribution in [0.3, 0.4) is 0 Å². The molecular weight excluding hydrogens is 171 g/mol. The number of hydrogen-bond donors (Lipinski definition) is 1. The van der Waals surface area contributed by atoms with Gasteiger partial charge in [-0.15, -0.1) is 11.6 Å². The van der Waals surface area contributed by atoms with Crippen LogP contribution < -0.4 is 0 Å². The SMILES string of the molecule is CC(C#CCC(O)CCl)OF. The zero-order chi connectivity index (χ0) is 8.69. The minimum Gasteiger partial charge on any atom is -0.391 e. The Kier molecular flexibility index (Phi) is 6.24. The van der Waals surface area contributed by atoms with Gasteiger partial charge in [0.25, 0.3) is 0 Å². The highest BCUT2D eigenvalue weighted by Crippen LogP contribution is 1.93. The van der Waals surface area contributed by atoms with Crippen LogP contribution >= 0.6 is 11.6 Å². The highest BCUT2D eigenvalue weighted by molar-refractivity contribution is 6.18. The van der Waals surface area contributed by atoms with E-state index in [4.69, 9.17) is 16.7 Å². The zero-order valence-electron chi connectivity index (χ0n) is 6.18. The van der Waals surface area contributed by atoms with Gasteiger partial charge in [-0.3, -0.25) is 0 Å². The molecule has 0 aliphatic heterocycles. The van der Waals surface area contributed by atoms with Crippen LogP contribution in [0.5, 0.6) is 0 Å². The van der Waals surface area contributed by atoms with Crippen LogP contribution in [-0.4, -0.2) is 23.2 Å². The molecule has 0 saturated carbocycles. The third-order valence-corrected chi connectivity index (χ3v) is 1.31. The van der Waals surface area contributed by atoms with Gasteiger partial charge in [0.15, 0.2) is 6.10 Å². The third-order valence-electron chi connectivity index (χ3n) is 0.955. The lowest BCUT2D eigenvalue weighted by atomic mass is 10.3. The van der Waals surface area contributed by atoms with E-state index >= 15 is 0 Å². The van der Waals surface area contributed by atoms with Crippen molar-refractivity contribution in [3.8, 4) is 11.8 Å². The molecule has 4 heteroatoms. The Bertz CT molecular complexity index is 152. The van der Waals surface area contributed by atoms with E-state index < -0.39 is 12.2 Å². The van der Waals surface area contributed by atoms with E-state index in [1.54, 1.807) is 0 Å². The van der Waals surface area contributed by atoms with E-state index in [-0.39, 0.29) is 12.3 Å². The molecule has 0 radical (unpaired) electrons. The molecule has 0 spiro atoms. The zero-order valence-corrected chi connectivity index (χ0v) is 6.94. The van der Waals surface area contributed by atoms with Crippen LogP contribution in [0.1, 0.15) is 13.3 Å². The molecule has 11 heavy (non-hydrogen) atoms. The number of aliphatic hydroxyl groups excluding tert-OH is 1. The molecular formula is C7H10ClFO2. The van der Waals surface area contributed by atoms with Gasteiger partial charge in [-0.25, -0.2) is 0 Å². The highest BCUT2D eigenvalue weighted by Gasteiger charge is 1.98. The van der Waals surface area contributed by atoms with E-state index in [2.05, 4.69) is 16.8 Å². The number of rotatable bonds is 3. The molecule has 0 aromatic heterocycles. The number of hydrogen-bond acceptors (Lipinski definition) is 2. The first kappa shape index (κ1) is 10.7. The van der Waals surface area contributed by atoms with Gasteiger partial charge in [0.1, 0.15) is 0 Å². The Morgan fingerprint density at radius 3 is 2.82 bits per heavy atom. The molecule has 0 rings (SSSR count). The summed E-state index contributed by atoms with van der Waals surface area (Å²) in [6.07, 6.45) is -1.13. The predicted molar refractivity (Wildman–Crippen MR) is 40.8 cm³/mol. The average Bonchev–Trinajstić information content (AvgIpc) is 2.04. The van der Waals surface area contributed by atoms with Gasteiger partial charge in [0, 0.05) is 12.3 Å². The monoisotopic (exact) mass is 180 g/mol. The molecule has 0 saturated heterocycles. The molecule has 2 nitrogen and oxygen atoms in total. The van der Waals surface area contributed by atoms with E-state index in [0.717, 1.165) is 0 Å². The lowest BCUT2D eigenvalue weighted by Crippen LogP contribution is -2.06. The molecule has 0 fully saturated rings. The van der Waals surface area contributed by atoms with Crippen LogP contribution in [0.25, 0.3) is 0 Å². The quantitative estimate of drug-likeness (QED) is 0.524. The van der Waals surface area contributed by atoms with Gasteiger partial charge in [0.2, 0.25) is 0 Å². The number of halogens is 2. The van der Waals surface area contributed by atoms with Gasteiger partial charge in [-0.2, -0.15) is 4.94 Å². The Morgan fingerprint density at radius 2 is 2.36 bits per heavy atom. The van der Waals surface area contributed by atoms with Gasteiger partial charge >= 0.3 is 0 Å². The smallest absolute Gasteiger partial charge is 0.156 e. The summed E-state index contributed by atoms with van der Waals surface area (Å²) in [4.78, 5) is 3.38. The van der Waals surface area contributed by atoms with Crippen molar-refractivity contribution in [3.63, 3.8) is 0 Å². The molecule has 64 valence electrons. The van der Waals surface area contributed by atoms with Gasteiger partial charge in [-0.1, -0.05) is 11.8 Å². The third kappa shape index (κ3) is 6.11. The van der Waals surface area contributed by atoms with Crippen molar-refractivity contribution in [1.29, 1.82) is 0 Å². The molecule has 2 unspecified atom stereocenters. The van der Waals surface area contributed by atoms with Crippen molar-refractivity contribution in [2.45, 2.75) is 25.6 Å². The number of alkyl halides is 1. The molecule has 0 aliphatic carbocycles. The maximum absolute atomic E-state index is 11.3. The highest BCUT2D eigenvalue weighted by atomic mass is 35.5. The van der Waals surface area contributed by atoms with Crippen molar-refractivity contribution < 1.29 is 14.6 Å². The summed E-state index contributed by atoms with van der Waals surface area (Å²) in [6, 6.07) is 0. The summed E-state index contributed by atoms with van der Waals surface area (Å²) < 4.78 is 11.3. The second-order valence-corrected chi connectivity index (χ2v) is 2.37. The van der Waals surface area contributed by atoms with Gasteiger partial charge < -0.3 is 5.11 Å². The first-order valence-electron chi connectivity index (χ1n) is 3.20. The maximum atomic E-state index is 11.3. The first-order chi connectivity index (χ1) is 5.20. The second-order valence-electron chi connectivity index (χ2n) is 2.06. The van der Waals surface area contributed by atoms with Crippen LogP contribution in [0.4, 0.5) is 4.53 Å². The van der Waals surface area contributed by atoms with E-state index in [1.807, 2.05) is 0 Å². The largest absolute Gasteiger partial charge is 0.391 e. The maximum Gasteiger partial charge on any atom is 0.156 e. The minimum absolute atomic E-state index is 0.138. The summed E-state index contributed by atoms with van der Waals surface area (Å²) in [5.74, 6) is 5.11.